The van der Waals surface area contributed by atoms with Gasteiger partial charge >= 0.3 is 6.09 Å². The fourth-order valence-corrected chi connectivity index (χ4v) is 6.11. The predicted molar refractivity (Wildman–Crippen MR) is 151 cm³/mol. The van der Waals surface area contributed by atoms with Crippen LogP contribution in [0.3, 0.4) is 0 Å². The lowest BCUT2D eigenvalue weighted by Gasteiger charge is -2.30. The molecule has 0 radical (unpaired) electrons. The third-order valence-electron chi connectivity index (χ3n) is 8.22. The third kappa shape index (κ3) is 5.93. The van der Waals surface area contributed by atoms with E-state index in [4.69, 9.17) is 10.1 Å². The molecule has 0 atom stereocenters. The third-order valence-corrected chi connectivity index (χ3v) is 8.22. The second-order valence-corrected chi connectivity index (χ2v) is 10.9. The lowest BCUT2D eigenvalue weighted by atomic mass is 9.90. The van der Waals surface area contributed by atoms with Crippen molar-refractivity contribution in [1.29, 1.82) is 0 Å². The molecule has 2 saturated carbocycles. The van der Waals surface area contributed by atoms with Crippen LogP contribution < -0.4 is 21.5 Å². The highest BCUT2D eigenvalue weighted by Gasteiger charge is 2.27. The smallest absolute Gasteiger partial charge is 0.404 e. The maximum absolute atomic E-state index is 14.1. The summed E-state index contributed by atoms with van der Waals surface area (Å²) in [5.41, 5.74) is 1.73. The molecule has 2 aromatic heterocycles. The molecule has 9 heteroatoms. The lowest BCUT2D eigenvalue weighted by molar-refractivity contribution is 0.182. The van der Waals surface area contributed by atoms with Crippen molar-refractivity contribution in [2.75, 3.05) is 11.9 Å². The van der Waals surface area contributed by atoms with Gasteiger partial charge in [-0.1, -0.05) is 44.7 Å². The van der Waals surface area contributed by atoms with Gasteiger partial charge in [0.2, 0.25) is 5.95 Å². The van der Waals surface area contributed by atoms with E-state index in [0.29, 0.717) is 35.9 Å². The topological polar surface area (TPSA) is 121 Å². The fraction of sp³-hybridized carbons (Fsp3) is 0.586. The van der Waals surface area contributed by atoms with Crippen molar-refractivity contribution >= 4 is 33.8 Å². The van der Waals surface area contributed by atoms with E-state index in [2.05, 4.69) is 33.9 Å². The van der Waals surface area contributed by atoms with Crippen molar-refractivity contribution in [2.45, 2.75) is 102 Å². The number of aromatic nitrogens is 3. The Balaban J connectivity index is 1.51. The summed E-state index contributed by atoms with van der Waals surface area (Å²) in [4.78, 5) is 34.6. The zero-order chi connectivity index (χ0) is 26.5. The first-order chi connectivity index (χ1) is 18.5. The number of nitrogens with zero attached hydrogens (tertiary/aromatic N) is 3. The molecule has 4 N–H and O–H groups in total. The summed E-state index contributed by atoms with van der Waals surface area (Å²) in [6.07, 6.45) is 12.1. The van der Waals surface area contributed by atoms with Gasteiger partial charge in [-0.05, 0) is 62.0 Å². The minimum atomic E-state index is -0.994. The number of nitrogens with one attached hydrogen (secondary N) is 3. The standard InChI is InChI=1S/C29H40N6O3/c1-2-3-15-30-28-32-18-25-23-14-9-19(17-31-20-7-5-4-6-8-20)16-24(23)27(36)35(26(25)34-28)22-12-10-21(11-13-22)33-29(37)38/h9,14,16,18,20-22,31,33H,2-8,10-13,15,17H2,1H3,(H,37,38)(H,30,32,34)/t21-,22-. The second kappa shape index (κ2) is 12.1. The van der Waals surface area contributed by atoms with Crippen LogP contribution in [0, 0.1) is 0 Å². The number of pyridine rings is 1. The number of anilines is 1. The van der Waals surface area contributed by atoms with E-state index in [0.717, 1.165) is 55.1 Å². The van der Waals surface area contributed by atoms with Gasteiger partial charge in [0, 0.05) is 48.2 Å². The van der Waals surface area contributed by atoms with Crippen molar-refractivity contribution in [3.8, 4) is 0 Å². The number of amides is 1. The number of hydrogen-bond acceptors (Lipinski definition) is 6. The average molecular weight is 521 g/mol. The molecule has 204 valence electrons. The highest BCUT2D eigenvalue weighted by molar-refractivity contribution is 6.04. The summed E-state index contributed by atoms with van der Waals surface area (Å²) in [7, 11) is 0. The van der Waals surface area contributed by atoms with E-state index in [1.54, 1.807) is 0 Å². The molecule has 0 unspecified atom stereocenters. The first-order valence-electron chi connectivity index (χ1n) is 14.3. The van der Waals surface area contributed by atoms with E-state index in [9.17, 15) is 9.59 Å². The van der Waals surface area contributed by atoms with Gasteiger partial charge in [-0.15, -0.1) is 0 Å². The first-order valence-corrected chi connectivity index (χ1v) is 14.3. The zero-order valence-electron chi connectivity index (χ0n) is 22.3. The summed E-state index contributed by atoms with van der Waals surface area (Å²) in [5, 5.41) is 21.2. The van der Waals surface area contributed by atoms with Crippen molar-refractivity contribution in [3.63, 3.8) is 0 Å². The molecule has 9 nitrogen and oxygen atoms in total. The van der Waals surface area contributed by atoms with Gasteiger partial charge in [0.15, 0.2) is 0 Å². The second-order valence-electron chi connectivity index (χ2n) is 10.9. The normalized spacial score (nSPS) is 20.6. The molecule has 3 aromatic rings. The lowest BCUT2D eigenvalue weighted by Crippen LogP contribution is -2.38. The molecule has 0 saturated heterocycles. The average Bonchev–Trinajstić information content (AvgIpc) is 2.93. The van der Waals surface area contributed by atoms with Gasteiger partial charge in [0.25, 0.3) is 5.56 Å². The van der Waals surface area contributed by atoms with Crippen LogP contribution in [0.2, 0.25) is 0 Å². The maximum atomic E-state index is 14.1. The highest BCUT2D eigenvalue weighted by Crippen LogP contribution is 2.32. The molecular formula is C29H40N6O3. The Bertz CT molecular complexity index is 1330. The van der Waals surface area contributed by atoms with Gasteiger partial charge in [-0.2, -0.15) is 4.98 Å². The van der Waals surface area contributed by atoms with E-state index in [1.807, 2.05) is 22.9 Å². The Morgan fingerprint density at radius 2 is 1.82 bits per heavy atom. The van der Waals surface area contributed by atoms with Gasteiger partial charge in [0.05, 0.1) is 0 Å². The molecule has 38 heavy (non-hydrogen) atoms. The molecule has 1 amide bonds. The monoisotopic (exact) mass is 520 g/mol. The number of carboxylic acid groups (broad SMARTS) is 1. The summed E-state index contributed by atoms with van der Waals surface area (Å²) >= 11 is 0. The Kier molecular flexibility index (Phi) is 8.42. The van der Waals surface area contributed by atoms with Crippen LogP contribution in [-0.2, 0) is 6.54 Å². The molecule has 2 heterocycles. The van der Waals surface area contributed by atoms with E-state index < -0.39 is 6.09 Å². The minimum Gasteiger partial charge on any atom is -0.465 e. The molecule has 0 aliphatic heterocycles. The van der Waals surface area contributed by atoms with Crippen LogP contribution in [0.1, 0.15) is 89.2 Å². The van der Waals surface area contributed by atoms with Gasteiger partial charge in [0.1, 0.15) is 5.65 Å². The first kappa shape index (κ1) is 26.4. The van der Waals surface area contributed by atoms with Crippen LogP contribution in [0.5, 0.6) is 0 Å². The Morgan fingerprint density at radius 1 is 1.03 bits per heavy atom. The van der Waals surface area contributed by atoms with Crippen molar-refractivity contribution < 1.29 is 9.90 Å². The molecule has 0 spiro atoms. The largest absolute Gasteiger partial charge is 0.465 e. The summed E-state index contributed by atoms with van der Waals surface area (Å²) in [6.45, 7) is 3.67. The fourth-order valence-electron chi connectivity index (χ4n) is 6.11. The van der Waals surface area contributed by atoms with E-state index in [1.165, 1.54) is 32.1 Å². The van der Waals surface area contributed by atoms with Crippen molar-refractivity contribution in [2.24, 2.45) is 0 Å². The number of benzene rings is 1. The molecule has 0 bridgehead atoms. The Hall–Kier alpha value is -3.20. The van der Waals surface area contributed by atoms with Crippen molar-refractivity contribution in [3.05, 3.63) is 40.3 Å². The summed E-state index contributed by atoms with van der Waals surface area (Å²) in [5.74, 6) is 0.535. The Labute approximate surface area is 223 Å². The summed E-state index contributed by atoms with van der Waals surface area (Å²) < 4.78 is 1.86. The summed E-state index contributed by atoms with van der Waals surface area (Å²) in [6, 6.07) is 6.62. The van der Waals surface area contributed by atoms with Crippen LogP contribution in [-0.4, -0.2) is 44.4 Å². The molecule has 5 rings (SSSR count). The maximum Gasteiger partial charge on any atom is 0.404 e. The van der Waals surface area contributed by atoms with Gasteiger partial charge < -0.3 is 21.1 Å². The minimum absolute atomic E-state index is 0.0279. The number of unbranched alkanes of at least 4 members (excludes halogenated alkanes) is 1. The predicted octanol–water partition coefficient (Wildman–Crippen LogP) is 5.33. The van der Waals surface area contributed by atoms with Gasteiger partial charge in [-0.3, -0.25) is 9.36 Å². The molecule has 2 aliphatic carbocycles. The molecule has 1 aromatic carbocycles. The van der Waals surface area contributed by atoms with Crippen LogP contribution in [0.4, 0.5) is 10.7 Å². The van der Waals surface area contributed by atoms with Crippen molar-refractivity contribution in [1.82, 2.24) is 25.2 Å². The number of rotatable bonds is 9. The highest BCUT2D eigenvalue weighted by atomic mass is 16.4. The van der Waals surface area contributed by atoms with Gasteiger partial charge in [-0.25, -0.2) is 9.78 Å². The van der Waals surface area contributed by atoms with E-state index in [-0.39, 0.29) is 17.6 Å². The SMILES string of the molecule is CCCCNc1ncc2c3ccc(CNC4CCCCC4)cc3c(=O)n([C@H]3CC[C@H](NC(=O)O)CC3)c2n1. The molecule has 2 aliphatic rings. The molecular weight excluding hydrogens is 480 g/mol. The number of carbonyl (C=O) groups is 1. The van der Waals surface area contributed by atoms with Crippen LogP contribution in [0.15, 0.2) is 29.2 Å². The van der Waals surface area contributed by atoms with E-state index >= 15 is 0 Å². The number of fused-ring (bicyclic) bond motifs is 3. The van der Waals surface area contributed by atoms with Crippen LogP contribution in [0.25, 0.3) is 21.8 Å². The zero-order valence-corrected chi connectivity index (χ0v) is 22.3. The quantitative estimate of drug-likeness (QED) is 0.222. The Morgan fingerprint density at radius 3 is 2.55 bits per heavy atom. The number of hydrogen-bond donors (Lipinski definition) is 4. The molecule has 2 fully saturated rings. The van der Waals surface area contributed by atoms with Crippen LogP contribution >= 0.6 is 0 Å².